The summed E-state index contributed by atoms with van der Waals surface area (Å²) < 4.78 is 28.0. The van der Waals surface area contributed by atoms with Crippen LogP contribution in [0.5, 0.6) is 0 Å². The second-order valence-electron chi connectivity index (χ2n) is 7.13. The molecule has 1 aromatic carbocycles. The molecule has 1 atom stereocenters. The van der Waals surface area contributed by atoms with E-state index in [1.807, 2.05) is 6.07 Å². The maximum Gasteiger partial charge on any atom is 0.282 e. The number of amides is 1. The van der Waals surface area contributed by atoms with E-state index in [1.54, 1.807) is 18.2 Å². The van der Waals surface area contributed by atoms with Crippen molar-refractivity contribution in [2.24, 2.45) is 9.81 Å². The van der Waals surface area contributed by atoms with Gasteiger partial charge in [0.1, 0.15) is 6.54 Å². The van der Waals surface area contributed by atoms with Crippen molar-refractivity contribution in [2.75, 3.05) is 13.1 Å². The molecule has 1 fully saturated rings. The molecule has 0 unspecified atom stereocenters. The molecule has 8 heteroatoms. The van der Waals surface area contributed by atoms with Crippen LogP contribution < -0.4 is 10.6 Å². The molecule has 7 nitrogen and oxygen atoms in total. The molecule has 0 bridgehead atoms. The zero-order chi connectivity index (χ0) is 19.8. The monoisotopic (exact) mass is 390 g/mol. The molecule has 2 N–H and O–H groups in total. The molecule has 0 saturated heterocycles. The number of carbonyl (C=O) groups excluding carboxylic acids is 1. The van der Waals surface area contributed by atoms with Crippen LogP contribution in [0.2, 0.25) is 0 Å². The standard InChI is InChI=1S/C19H26N4O3S/c1-19(9-5-6-10-19)15-17(18(24)22-12-11-20)21-13-14-23-27(25,26)16-7-3-2-4-8-16/h2-4,7-8,14,17,21H,5-6,9-10,12-13,15H2,1H3,(H,22,24)/t17-/m0/s1. The van der Waals surface area contributed by atoms with Gasteiger partial charge in [-0.2, -0.15) is 18.1 Å². The normalized spacial score (nSPS) is 17.5. The molecule has 0 heterocycles. The van der Waals surface area contributed by atoms with Crippen LogP contribution in [0.3, 0.4) is 0 Å². The molecule has 1 saturated carbocycles. The van der Waals surface area contributed by atoms with E-state index in [2.05, 4.69) is 22.0 Å². The fraction of sp³-hybridized carbons (Fsp3) is 0.526. The lowest BCUT2D eigenvalue weighted by Crippen LogP contribution is -2.47. The summed E-state index contributed by atoms with van der Waals surface area (Å²) in [5.74, 6) is -0.246. The van der Waals surface area contributed by atoms with Gasteiger partial charge in [0.2, 0.25) is 5.91 Å². The molecular formula is C19H26N4O3S. The van der Waals surface area contributed by atoms with Gasteiger partial charge in [0.05, 0.1) is 17.0 Å². The van der Waals surface area contributed by atoms with E-state index < -0.39 is 16.1 Å². The first-order valence-corrected chi connectivity index (χ1v) is 10.5. The van der Waals surface area contributed by atoms with Crippen molar-refractivity contribution in [1.82, 2.24) is 10.6 Å². The number of sulfonamides is 1. The number of nitriles is 1. The Hall–Kier alpha value is -2.24. The maximum absolute atomic E-state index is 12.4. The Morgan fingerprint density at radius 2 is 2.00 bits per heavy atom. The van der Waals surface area contributed by atoms with Gasteiger partial charge in [0.15, 0.2) is 0 Å². The van der Waals surface area contributed by atoms with Crippen molar-refractivity contribution >= 4 is 22.1 Å². The fourth-order valence-corrected chi connectivity index (χ4v) is 4.31. The summed E-state index contributed by atoms with van der Waals surface area (Å²) in [4.78, 5) is 12.5. The first-order valence-electron chi connectivity index (χ1n) is 9.08. The molecule has 0 aromatic heterocycles. The van der Waals surface area contributed by atoms with E-state index >= 15 is 0 Å². The number of hydrogen-bond donors (Lipinski definition) is 2. The van der Waals surface area contributed by atoms with Crippen LogP contribution >= 0.6 is 0 Å². The first kappa shape index (κ1) is 21.1. The average Bonchev–Trinajstić information content (AvgIpc) is 3.09. The van der Waals surface area contributed by atoms with Gasteiger partial charge in [0.25, 0.3) is 10.0 Å². The highest BCUT2D eigenvalue weighted by molar-refractivity contribution is 7.90. The van der Waals surface area contributed by atoms with E-state index in [9.17, 15) is 13.2 Å². The number of carbonyl (C=O) groups is 1. The number of hydrogen-bond acceptors (Lipinski definition) is 5. The lowest BCUT2D eigenvalue weighted by molar-refractivity contribution is -0.123. The quantitative estimate of drug-likeness (QED) is 0.495. The second kappa shape index (κ2) is 9.62. The third-order valence-corrected chi connectivity index (χ3v) is 6.17. The number of nitrogens with one attached hydrogen (secondary N) is 2. The minimum atomic E-state index is -3.74. The molecule has 0 spiro atoms. The second-order valence-corrected chi connectivity index (χ2v) is 8.77. The molecular weight excluding hydrogens is 364 g/mol. The highest BCUT2D eigenvalue weighted by Crippen LogP contribution is 2.41. The molecule has 0 aliphatic heterocycles. The van der Waals surface area contributed by atoms with Crippen LogP contribution in [0, 0.1) is 16.7 Å². The molecule has 1 aliphatic rings. The van der Waals surface area contributed by atoms with Gasteiger partial charge in [-0.1, -0.05) is 38.0 Å². The van der Waals surface area contributed by atoms with Crippen LogP contribution in [0.15, 0.2) is 39.6 Å². The van der Waals surface area contributed by atoms with E-state index in [0.717, 1.165) is 25.7 Å². The van der Waals surface area contributed by atoms with Crippen LogP contribution in [-0.4, -0.2) is 39.7 Å². The Bertz CT molecular complexity index is 794. The Morgan fingerprint density at radius 1 is 1.33 bits per heavy atom. The van der Waals surface area contributed by atoms with Crippen LogP contribution in [0.1, 0.15) is 39.0 Å². The summed E-state index contributed by atoms with van der Waals surface area (Å²) in [6, 6.07) is 9.38. The Kier molecular flexibility index (Phi) is 7.51. The van der Waals surface area contributed by atoms with Gasteiger partial charge < -0.3 is 10.6 Å². The molecule has 0 radical (unpaired) electrons. The molecule has 1 aromatic rings. The van der Waals surface area contributed by atoms with Crippen LogP contribution in [0.4, 0.5) is 0 Å². The van der Waals surface area contributed by atoms with Gasteiger partial charge >= 0.3 is 0 Å². The van der Waals surface area contributed by atoms with Crippen molar-refractivity contribution < 1.29 is 13.2 Å². The highest BCUT2D eigenvalue weighted by atomic mass is 32.2. The lowest BCUT2D eigenvalue weighted by Gasteiger charge is -2.28. The van der Waals surface area contributed by atoms with E-state index in [4.69, 9.17) is 5.26 Å². The van der Waals surface area contributed by atoms with Crippen molar-refractivity contribution in [3.63, 3.8) is 0 Å². The fourth-order valence-electron chi connectivity index (χ4n) is 3.42. The van der Waals surface area contributed by atoms with E-state index in [-0.39, 0.29) is 29.3 Å². The van der Waals surface area contributed by atoms with Crippen LogP contribution in [0.25, 0.3) is 0 Å². The van der Waals surface area contributed by atoms with Gasteiger partial charge in [-0.15, -0.1) is 0 Å². The zero-order valence-corrected chi connectivity index (χ0v) is 16.3. The summed E-state index contributed by atoms with van der Waals surface area (Å²) >= 11 is 0. The Morgan fingerprint density at radius 3 is 2.63 bits per heavy atom. The first-order chi connectivity index (χ1) is 12.9. The summed E-state index contributed by atoms with van der Waals surface area (Å²) in [5.41, 5.74) is 0.0783. The summed E-state index contributed by atoms with van der Waals surface area (Å²) in [6.45, 7) is 2.26. The van der Waals surface area contributed by atoms with Crippen molar-refractivity contribution in [3.8, 4) is 6.07 Å². The van der Waals surface area contributed by atoms with Crippen LogP contribution in [-0.2, 0) is 14.8 Å². The van der Waals surface area contributed by atoms with Crippen molar-refractivity contribution in [1.29, 1.82) is 5.26 Å². The molecule has 2 rings (SSSR count). The zero-order valence-electron chi connectivity index (χ0n) is 15.5. The van der Waals surface area contributed by atoms with Gasteiger partial charge in [-0.05, 0) is 36.8 Å². The Balaban J connectivity index is 1.98. The third kappa shape index (κ3) is 6.45. The number of rotatable bonds is 9. The van der Waals surface area contributed by atoms with E-state index in [0.29, 0.717) is 6.42 Å². The average molecular weight is 391 g/mol. The molecule has 1 aliphatic carbocycles. The predicted molar refractivity (Wildman–Crippen MR) is 104 cm³/mol. The molecule has 146 valence electrons. The van der Waals surface area contributed by atoms with Gasteiger partial charge in [-0.25, -0.2) is 0 Å². The molecule has 1 amide bonds. The van der Waals surface area contributed by atoms with Gasteiger partial charge in [0, 0.05) is 12.8 Å². The smallest absolute Gasteiger partial charge is 0.282 e. The van der Waals surface area contributed by atoms with Gasteiger partial charge in [-0.3, -0.25) is 4.79 Å². The Labute approximate surface area is 160 Å². The number of benzene rings is 1. The van der Waals surface area contributed by atoms with Crippen molar-refractivity contribution in [2.45, 2.75) is 50.0 Å². The van der Waals surface area contributed by atoms with Crippen molar-refractivity contribution in [3.05, 3.63) is 30.3 Å². The maximum atomic E-state index is 12.4. The predicted octanol–water partition coefficient (Wildman–Crippen LogP) is 2.01. The lowest BCUT2D eigenvalue weighted by atomic mass is 9.82. The minimum absolute atomic E-state index is 0.0514. The SMILES string of the molecule is CC1(C[C@H](NCC=NS(=O)(=O)c2ccccc2)C(=O)NCC#N)CCCC1. The number of nitrogens with zero attached hydrogens (tertiary/aromatic N) is 2. The topological polar surface area (TPSA) is 111 Å². The molecule has 27 heavy (non-hydrogen) atoms. The highest BCUT2D eigenvalue weighted by Gasteiger charge is 2.33. The van der Waals surface area contributed by atoms with E-state index in [1.165, 1.54) is 18.3 Å². The summed E-state index contributed by atoms with van der Waals surface area (Å²) in [6.07, 6.45) is 6.34. The third-order valence-electron chi connectivity index (χ3n) is 4.88. The minimum Gasteiger partial charge on any atom is -0.342 e. The summed E-state index contributed by atoms with van der Waals surface area (Å²) in [5, 5.41) is 14.3. The largest absolute Gasteiger partial charge is 0.342 e. The summed E-state index contributed by atoms with van der Waals surface area (Å²) in [7, 11) is -3.74.